The van der Waals surface area contributed by atoms with Crippen molar-refractivity contribution in [1.82, 2.24) is 5.32 Å². The molecule has 24 heavy (non-hydrogen) atoms. The molecule has 7 nitrogen and oxygen atoms in total. The van der Waals surface area contributed by atoms with E-state index in [0.717, 1.165) is 11.3 Å². The fourth-order valence-corrected chi connectivity index (χ4v) is 3.50. The molecule has 2 aromatic carbocycles. The predicted octanol–water partition coefficient (Wildman–Crippen LogP) is 2.17. The van der Waals surface area contributed by atoms with Crippen LogP contribution in [-0.2, 0) is 16.4 Å². The van der Waals surface area contributed by atoms with Gasteiger partial charge in [0.05, 0.1) is 17.2 Å². The molecular formula is C16H17N3O4S. The van der Waals surface area contributed by atoms with E-state index in [9.17, 15) is 13.2 Å². The molecule has 1 aliphatic rings. The van der Waals surface area contributed by atoms with Crippen LogP contribution in [0, 0.1) is 0 Å². The van der Waals surface area contributed by atoms with E-state index in [-0.39, 0.29) is 10.9 Å². The molecule has 1 heterocycles. The topological polar surface area (TPSA) is 96.5 Å². The molecule has 2 amide bonds. The zero-order valence-electron chi connectivity index (χ0n) is 13.0. The van der Waals surface area contributed by atoms with Crippen LogP contribution in [0.15, 0.2) is 47.4 Å². The van der Waals surface area contributed by atoms with Gasteiger partial charge in [-0.2, -0.15) is 0 Å². The van der Waals surface area contributed by atoms with Crippen molar-refractivity contribution in [2.24, 2.45) is 0 Å². The van der Waals surface area contributed by atoms with Gasteiger partial charge >= 0.3 is 6.03 Å². The molecule has 2 aromatic rings. The van der Waals surface area contributed by atoms with Crippen LogP contribution < -0.4 is 20.1 Å². The summed E-state index contributed by atoms with van der Waals surface area (Å²) in [5.41, 5.74) is 1.73. The number of urea groups is 1. The Morgan fingerprint density at radius 2 is 1.92 bits per heavy atom. The number of amides is 2. The molecule has 3 rings (SSSR count). The number of sulfonamides is 1. The minimum absolute atomic E-state index is 0.177. The first kappa shape index (κ1) is 16.1. The highest BCUT2D eigenvalue weighted by Gasteiger charge is 2.19. The lowest BCUT2D eigenvalue weighted by molar-refractivity contribution is 0.254. The van der Waals surface area contributed by atoms with Gasteiger partial charge in [0.15, 0.2) is 0 Å². The number of hydrogen-bond donors (Lipinski definition) is 3. The fraction of sp³-hybridized carbons (Fsp3) is 0.188. The van der Waals surface area contributed by atoms with Crippen molar-refractivity contribution in [1.29, 1.82) is 0 Å². The van der Waals surface area contributed by atoms with Gasteiger partial charge in [-0.1, -0.05) is 6.07 Å². The second-order valence-corrected chi connectivity index (χ2v) is 6.94. The summed E-state index contributed by atoms with van der Waals surface area (Å²) in [6, 6.07) is 10.9. The van der Waals surface area contributed by atoms with Gasteiger partial charge in [0.25, 0.3) is 10.0 Å². The summed E-state index contributed by atoms with van der Waals surface area (Å²) in [6.45, 7) is 0.569. The van der Waals surface area contributed by atoms with Gasteiger partial charge in [0.1, 0.15) is 5.75 Å². The number of carbonyl (C=O) groups excluding carboxylic acids is 1. The Kier molecular flexibility index (Phi) is 4.30. The van der Waals surface area contributed by atoms with Crippen LogP contribution in [0.1, 0.15) is 5.56 Å². The van der Waals surface area contributed by atoms with Crippen molar-refractivity contribution < 1.29 is 17.9 Å². The molecule has 0 bridgehead atoms. The van der Waals surface area contributed by atoms with E-state index in [2.05, 4.69) is 15.4 Å². The molecule has 0 atom stereocenters. The smallest absolute Gasteiger partial charge is 0.318 e. The molecule has 8 heteroatoms. The first-order valence-electron chi connectivity index (χ1n) is 7.35. The molecule has 0 saturated carbocycles. The second kappa shape index (κ2) is 6.40. The zero-order chi connectivity index (χ0) is 17.2. The van der Waals surface area contributed by atoms with E-state index in [4.69, 9.17) is 4.74 Å². The van der Waals surface area contributed by atoms with E-state index in [1.807, 2.05) is 0 Å². The molecule has 0 radical (unpaired) electrons. The average Bonchev–Trinajstić information content (AvgIpc) is 3.02. The number of ether oxygens (including phenoxy) is 1. The Morgan fingerprint density at radius 3 is 2.71 bits per heavy atom. The van der Waals surface area contributed by atoms with Crippen molar-refractivity contribution in [2.75, 3.05) is 23.7 Å². The number of fused-ring (bicyclic) bond motifs is 1. The molecule has 0 spiro atoms. The fourth-order valence-electron chi connectivity index (χ4n) is 2.40. The van der Waals surface area contributed by atoms with E-state index in [1.54, 1.807) is 36.4 Å². The van der Waals surface area contributed by atoms with Crippen LogP contribution in [0.2, 0.25) is 0 Å². The van der Waals surface area contributed by atoms with Gasteiger partial charge in [-0.3, -0.25) is 4.72 Å². The largest absolute Gasteiger partial charge is 0.493 e. The third kappa shape index (κ3) is 3.43. The van der Waals surface area contributed by atoms with Crippen LogP contribution in [0.3, 0.4) is 0 Å². The number of rotatable bonds is 4. The third-order valence-electron chi connectivity index (χ3n) is 3.57. The quantitative estimate of drug-likeness (QED) is 0.790. The van der Waals surface area contributed by atoms with Gasteiger partial charge in [0, 0.05) is 19.2 Å². The monoisotopic (exact) mass is 347 g/mol. The number of carbonyl (C=O) groups is 1. The summed E-state index contributed by atoms with van der Waals surface area (Å²) >= 11 is 0. The van der Waals surface area contributed by atoms with E-state index in [0.29, 0.717) is 24.4 Å². The molecule has 0 aliphatic carbocycles. The number of benzene rings is 2. The van der Waals surface area contributed by atoms with Crippen LogP contribution >= 0.6 is 0 Å². The Bertz CT molecular complexity index is 881. The van der Waals surface area contributed by atoms with Gasteiger partial charge in [0.2, 0.25) is 0 Å². The maximum absolute atomic E-state index is 12.5. The molecule has 126 valence electrons. The summed E-state index contributed by atoms with van der Waals surface area (Å²) < 4.78 is 33.0. The highest BCUT2D eigenvalue weighted by Crippen LogP contribution is 2.28. The minimum atomic E-state index is -3.72. The standard InChI is InChI=1S/C16H17N3O4S/c1-17-16(20)18-12-3-2-4-13(10-12)19-24(21,22)14-5-6-15-11(9-14)7-8-23-15/h2-6,9-10,19H,7-8H2,1H3,(H2,17,18,20). The minimum Gasteiger partial charge on any atom is -0.493 e. The summed E-state index contributed by atoms with van der Waals surface area (Å²) in [7, 11) is -2.22. The van der Waals surface area contributed by atoms with Gasteiger partial charge in [-0.25, -0.2) is 13.2 Å². The summed E-state index contributed by atoms with van der Waals surface area (Å²) in [5, 5.41) is 5.02. The normalized spacial score (nSPS) is 12.9. The third-order valence-corrected chi connectivity index (χ3v) is 4.95. The molecule has 0 saturated heterocycles. The predicted molar refractivity (Wildman–Crippen MR) is 91.0 cm³/mol. The van der Waals surface area contributed by atoms with E-state index >= 15 is 0 Å². The van der Waals surface area contributed by atoms with Crippen molar-refractivity contribution in [3.05, 3.63) is 48.0 Å². The van der Waals surface area contributed by atoms with Crippen LogP contribution in [-0.4, -0.2) is 28.1 Å². The lowest BCUT2D eigenvalue weighted by atomic mass is 10.2. The Labute approximate surface area is 140 Å². The van der Waals surface area contributed by atoms with E-state index < -0.39 is 10.0 Å². The van der Waals surface area contributed by atoms with Gasteiger partial charge < -0.3 is 15.4 Å². The van der Waals surface area contributed by atoms with Crippen molar-refractivity contribution in [2.45, 2.75) is 11.3 Å². The van der Waals surface area contributed by atoms with Gasteiger partial charge in [-0.15, -0.1) is 0 Å². The number of nitrogens with one attached hydrogen (secondary N) is 3. The first-order chi connectivity index (χ1) is 11.5. The lowest BCUT2D eigenvalue weighted by Crippen LogP contribution is -2.24. The number of anilines is 2. The maximum Gasteiger partial charge on any atom is 0.318 e. The first-order valence-corrected chi connectivity index (χ1v) is 8.83. The Balaban J connectivity index is 1.82. The average molecular weight is 347 g/mol. The van der Waals surface area contributed by atoms with Crippen LogP contribution in [0.5, 0.6) is 5.75 Å². The molecule has 0 aromatic heterocycles. The summed E-state index contributed by atoms with van der Waals surface area (Å²) in [6.07, 6.45) is 0.699. The summed E-state index contributed by atoms with van der Waals surface area (Å²) in [5.74, 6) is 0.728. The lowest BCUT2D eigenvalue weighted by Gasteiger charge is -2.11. The van der Waals surface area contributed by atoms with Crippen molar-refractivity contribution in [3.8, 4) is 5.75 Å². The highest BCUT2D eigenvalue weighted by molar-refractivity contribution is 7.92. The molecule has 1 aliphatic heterocycles. The van der Waals surface area contributed by atoms with Gasteiger partial charge in [-0.05, 0) is 42.0 Å². The Morgan fingerprint density at radius 1 is 1.12 bits per heavy atom. The SMILES string of the molecule is CNC(=O)Nc1cccc(NS(=O)(=O)c2ccc3c(c2)CCO3)c1. The Hall–Kier alpha value is -2.74. The van der Waals surface area contributed by atoms with Crippen molar-refractivity contribution >= 4 is 27.4 Å². The molecule has 0 fully saturated rings. The number of hydrogen-bond acceptors (Lipinski definition) is 4. The highest BCUT2D eigenvalue weighted by atomic mass is 32.2. The molecule has 3 N–H and O–H groups in total. The van der Waals surface area contributed by atoms with Crippen molar-refractivity contribution in [3.63, 3.8) is 0 Å². The maximum atomic E-state index is 12.5. The van der Waals surface area contributed by atoms with Crippen LogP contribution in [0.4, 0.5) is 16.2 Å². The van der Waals surface area contributed by atoms with Crippen LogP contribution in [0.25, 0.3) is 0 Å². The molecule has 0 unspecified atom stereocenters. The van der Waals surface area contributed by atoms with E-state index in [1.165, 1.54) is 13.1 Å². The summed E-state index contributed by atoms with van der Waals surface area (Å²) in [4.78, 5) is 11.5. The zero-order valence-corrected chi connectivity index (χ0v) is 13.8. The second-order valence-electron chi connectivity index (χ2n) is 5.26. The molecular weight excluding hydrogens is 330 g/mol.